The number of nitrogens with zero attached hydrogens (tertiary/aromatic N) is 1. The topological polar surface area (TPSA) is 89.4 Å². The van der Waals surface area contributed by atoms with Gasteiger partial charge in [0.05, 0.1) is 10.6 Å². The van der Waals surface area contributed by atoms with Crippen LogP contribution in [0.25, 0.3) is 0 Å². The molecule has 4 N–H and O–H groups in total. The third-order valence-corrected chi connectivity index (χ3v) is 4.28. The maximum Gasteiger partial charge on any atom is 0.240 e. The molecule has 1 aliphatic heterocycles. The van der Waals surface area contributed by atoms with Crippen molar-refractivity contribution in [1.82, 2.24) is 4.90 Å². The van der Waals surface area contributed by atoms with Crippen LogP contribution >= 0.6 is 22.6 Å². The van der Waals surface area contributed by atoms with Gasteiger partial charge in [0.25, 0.3) is 0 Å². The number of primary amides is 1. The predicted octanol–water partition coefficient (Wildman–Crippen LogP) is -0.571. The molecule has 0 saturated carbocycles. The molecule has 2 amide bonds. The Balaban J connectivity index is 2.86. The van der Waals surface area contributed by atoms with Gasteiger partial charge in [-0.25, -0.2) is 0 Å². The van der Waals surface area contributed by atoms with Crippen molar-refractivity contribution in [1.29, 1.82) is 0 Å². The molecule has 0 aromatic carbocycles. The van der Waals surface area contributed by atoms with Crippen LogP contribution in [0.4, 0.5) is 0 Å². The zero-order valence-corrected chi connectivity index (χ0v) is 10.1. The number of hydrogen-bond donors (Lipinski definition) is 2. The van der Waals surface area contributed by atoms with Crippen molar-refractivity contribution in [2.75, 3.05) is 6.54 Å². The standard InChI is InChI=1S/C8H14IN3O2/c1-4-2-5(8(11)14)12(7(4)9)6(13)3-10/h4-5,7H,2-3,10H2,1H3,(H2,11,14)/t4-,5-,7-/m0/s1. The average molecular weight is 311 g/mol. The minimum absolute atomic E-state index is 0.0150. The molecular weight excluding hydrogens is 297 g/mol. The van der Waals surface area contributed by atoms with Gasteiger partial charge in [-0.15, -0.1) is 0 Å². The summed E-state index contributed by atoms with van der Waals surface area (Å²) in [6.45, 7) is 1.92. The van der Waals surface area contributed by atoms with Gasteiger partial charge in [-0.3, -0.25) is 9.59 Å². The first-order valence-electron chi connectivity index (χ1n) is 4.43. The fraction of sp³-hybridized carbons (Fsp3) is 0.750. The average Bonchev–Trinajstić information content (AvgIpc) is 2.43. The third kappa shape index (κ3) is 2.00. The summed E-state index contributed by atoms with van der Waals surface area (Å²) < 4.78 is 0.0150. The highest BCUT2D eigenvalue weighted by Gasteiger charge is 2.42. The molecule has 1 aliphatic rings. The lowest BCUT2D eigenvalue weighted by Gasteiger charge is -2.25. The summed E-state index contributed by atoms with van der Waals surface area (Å²) in [5.74, 6) is -0.376. The van der Waals surface area contributed by atoms with Crippen molar-refractivity contribution >= 4 is 34.4 Å². The fourth-order valence-corrected chi connectivity index (χ4v) is 2.69. The Labute approximate surface area is 96.3 Å². The molecule has 0 spiro atoms. The first-order valence-corrected chi connectivity index (χ1v) is 5.68. The molecule has 3 atom stereocenters. The molecule has 0 unspecified atom stereocenters. The summed E-state index contributed by atoms with van der Waals surface area (Å²) in [5.41, 5.74) is 10.5. The number of rotatable bonds is 2. The molecule has 14 heavy (non-hydrogen) atoms. The second-order valence-electron chi connectivity index (χ2n) is 3.51. The number of halogens is 1. The highest BCUT2D eigenvalue weighted by Crippen LogP contribution is 2.33. The van der Waals surface area contributed by atoms with Crippen LogP contribution in [0.5, 0.6) is 0 Å². The van der Waals surface area contributed by atoms with E-state index < -0.39 is 11.9 Å². The number of nitrogens with two attached hydrogens (primary N) is 2. The molecule has 0 bridgehead atoms. The zero-order chi connectivity index (χ0) is 10.9. The van der Waals surface area contributed by atoms with Crippen LogP contribution in [-0.2, 0) is 9.59 Å². The van der Waals surface area contributed by atoms with Crippen LogP contribution in [0, 0.1) is 5.92 Å². The molecule has 1 fully saturated rings. The molecule has 0 aromatic rings. The van der Waals surface area contributed by atoms with E-state index in [9.17, 15) is 9.59 Å². The first-order chi connectivity index (χ1) is 6.49. The third-order valence-electron chi connectivity index (χ3n) is 2.46. The van der Waals surface area contributed by atoms with Crippen molar-refractivity contribution < 1.29 is 9.59 Å². The largest absolute Gasteiger partial charge is 0.368 e. The van der Waals surface area contributed by atoms with E-state index in [0.29, 0.717) is 6.42 Å². The van der Waals surface area contributed by atoms with Gasteiger partial charge in [-0.05, 0) is 12.3 Å². The zero-order valence-electron chi connectivity index (χ0n) is 7.94. The number of carbonyl (C=O) groups is 2. The Kier molecular flexibility index (Phi) is 3.71. The van der Waals surface area contributed by atoms with Crippen LogP contribution in [0.3, 0.4) is 0 Å². The monoisotopic (exact) mass is 311 g/mol. The van der Waals surface area contributed by atoms with Crippen molar-refractivity contribution in [3.63, 3.8) is 0 Å². The number of likely N-dealkylation sites (tertiary alicyclic amines) is 1. The number of alkyl halides is 1. The van der Waals surface area contributed by atoms with Gasteiger partial charge in [0.15, 0.2) is 0 Å². The van der Waals surface area contributed by atoms with Crippen LogP contribution in [0.15, 0.2) is 0 Å². The van der Waals surface area contributed by atoms with E-state index >= 15 is 0 Å². The number of amides is 2. The maximum atomic E-state index is 11.5. The second kappa shape index (κ2) is 4.43. The second-order valence-corrected chi connectivity index (χ2v) is 4.79. The quantitative estimate of drug-likeness (QED) is 0.406. The van der Waals surface area contributed by atoms with E-state index in [4.69, 9.17) is 11.5 Å². The highest BCUT2D eigenvalue weighted by molar-refractivity contribution is 14.1. The smallest absolute Gasteiger partial charge is 0.240 e. The highest BCUT2D eigenvalue weighted by atomic mass is 127. The SMILES string of the molecule is C[C@H]1C[C@@H](C(N)=O)N(C(=O)CN)[C@@H]1I. The van der Waals surface area contributed by atoms with Gasteiger partial charge in [-0.1, -0.05) is 29.5 Å². The minimum Gasteiger partial charge on any atom is -0.368 e. The van der Waals surface area contributed by atoms with Gasteiger partial charge in [0.2, 0.25) is 11.8 Å². The van der Waals surface area contributed by atoms with Gasteiger partial charge >= 0.3 is 0 Å². The van der Waals surface area contributed by atoms with Gasteiger partial charge in [-0.2, -0.15) is 0 Å². The molecular formula is C8H14IN3O2. The van der Waals surface area contributed by atoms with Gasteiger partial charge in [0, 0.05) is 0 Å². The maximum absolute atomic E-state index is 11.5. The molecule has 1 saturated heterocycles. The predicted molar refractivity (Wildman–Crippen MR) is 60.5 cm³/mol. The van der Waals surface area contributed by atoms with Crippen molar-refractivity contribution in [2.45, 2.75) is 23.4 Å². The number of carbonyl (C=O) groups excluding carboxylic acids is 2. The summed E-state index contributed by atoms with van der Waals surface area (Å²) in [7, 11) is 0. The molecule has 80 valence electrons. The van der Waals surface area contributed by atoms with E-state index in [0.717, 1.165) is 0 Å². The van der Waals surface area contributed by atoms with Crippen LogP contribution in [0.1, 0.15) is 13.3 Å². The van der Waals surface area contributed by atoms with Gasteiger partial charge in [0.1, 0.15) is 6.04 Å². The lowest BCUT2D eigenvalue weighted by atomic mass is 10.1. The summed E-state index contributed by atoms with van der Waals surface area (Å²) in [6.07, 6.45) is 0.634. The summed E-state index contributed by atoms with van der Waals surface area (Å²) in [4.78, 5) is 24.1. The molecule has 0 aromatic heterocycles. The summed E-state index contributed by atoms with van der Waals surface area (Å²) >= 11 is 2.15. The van der Waals surface area contributed by atoms with E-state index in [1.807, 2.05) is 6.92 Å². The number of hydrogen-bond acceptors (Lipinski definition) is 3. The van der Waals surface area contributed by atoms with E-state index in [2.05, 4.69) is 22.6 Å². The molecule has 1 heterocycles. The van der Waals surface area contributed by atoms with E-state index in [-0.39, 0.29) is 22.4 Å². The molecule has 6 heteroatoms. The molecule has 0 radical (unpaired) electrons. The normalized spacial score (nSPS) is 31.9. The van der Waals surface area contributed by atoms with E-state index in [1.165, 1.54) is 4.90 Å². The molecule has 1 rings (SSSR count). The lowest BCUT2D eigenvalue weighted by Crippen LogP contribution is -2.48. The van der Waals surface area contributed by atoms with Gasteiger partial charge < -0.3 is 16.4 Å². The van der Waals surface area contributed by atoms with Crippen LogP contribution < -0.4 is 11.5 Å². The lowest BCUT2D eigenvalue weighted by molar-refractivity contribution is -0.136. The Hall–Kier alpha value is -0.370. The van der Waals surface area contributed by atoms with Crippen molar-refractivity contribution in [3.05, 3.63) is 0 Å². The van der Waals surface area contributed by atoms with Crippen LogP contribution in [0.2, 0.25) is 0 Å². The Morgan fingerprint density at radius 1 is 1.57 bits per heavy atom. The van der Waals surface area contributed by atoms with Crippen molar-refractivity contribution in [2.24, 2.45) is 17.4 Å². The fourth-order valence-electron chi connectivity index (χ4n) is 1.69. The minimum atomic E-state index is -0.483. The first kappa shape index (κ1) is 11.7. The molecule has 0 aliphatic carbocycles. The Morgan fingerprint density at radius 3 is 2.57 bits per heavy atom. The van der Waals surface area contributed by atoms with Crippen LogP contribution in [-0.4, -0.2) is 33.3 Å². The van der Waals surface area contributed by atoms with E-state index in [1.54, 1.807) is 0 Å². The summed E-state index contributed by atoms with van der Waals surface area (Å²) in [6, 6.07) is -0.483. The summed E-state index contributed by atoms with van der Waals surface area (Å²) in [5, 5.41) is 0. The molecule has 5 nitrogen and oxygen atoms in total. The Bertz CT molecular complexity index is 259. The van der Waals surface area contributed by atoms with Crippen molar-refractivity contribution in [3.8, 4) is 0 Å². The Morgan fingerprint density at radius 2 is 2.14 bits per heavy atom.